The summed E-state index contributed by atoms with van der Waals surface area (Å²) in [5.41, 5.74) is 2.52. The monoisotopic (exact) mass is 259 g/mol. The van der Waals surface area contributed by atoms with Crippen molar-refractivity contribution >= 4 is 0 Å². The molecule has 19 heavy (non-hydrogen) atoms. The molecule has 1 fully saturated rings. The van der Waals surface area contributed by atoms with E-state index in [1.165, 1.54) is 30.4 Å². The van der Waals surface area contributed by atoms with E-state index in [1.54, 1.807) is 0 Å². The quantitative estimate of drug-likeness (QED) is 0.783. The lowest BCUT2D eigenvalue weighted by molar-refractivity contribution is 0.0266. The fraction of sp³-hybridized carbons (Fsp3) is 0.647. The van der Waals surface area contributed by atoms with Crippen LogP contribution in [0.4, 0.5) is 0 Å². The van der Waals surface area contributed by atoms with Crippen molar-refractivity contribution in [3.8, 4) is 0 Å². The minimum absolute atomic E-state index is 0.299. The molecule has 1 aromatic rings. The van der Waals surface area contributed by atoms with Gasteiger partial charge in [0.2, 0.25) is 0 Å². The van der Waals surface area contributed by atoms with E-state index in [9.17, 15) is 5.11 Å². The van der Waals surface area contributed by atoms with E-state index in [0.717, 1.165) is 31.8 Å². The van der Waals surface area contributed by atoms with Gasteiger partial charge in [-0.05, 0) is 62.2 Å². The van der Waals surface area contributed by atoms with Gasteiger partial charge in [0.1, 0.15) is 0 Å². The molecule has 1 heterocycles. The predicted molar refractivity (Wildman–Crippen MR) is 78.1 cm³/mol. The van der Waals surface area contributed by atoms with Crippen LogP contribution in [0, 0.1) is 5.92 Å². The number of fused-ring (bicyclic) bond motifs is 1. The molecule has 0 bridgehead atoms. The number of aryl methyl sites for hydroxylation is 1. The zero-order valence-corrected chi connectivity index (χ0v) is 11.9. The lowest BCUT2D eigenvalue weighted by Gasteiger charge is -2.38. The van der Waals surface area contributed by atoms with E-state index in [4.69, 9.17) is 0 Å². The highest BCUT2D eigenvalue weighted by atomic mass is 16.3. The van der Waals surface area contributed by atoms with Crippen molar-refractivity contribution in [1.29, 1.82) is 0 Å². The Labute approximate surface area is 116 Å². The first-order valence-electron chi connectivity index (χ1n) is 7.75. The van der Waals surface area contributed by atoms with Crippen LogP contribution in [0.15, 0.2) is 24.3 Å². The molecule has 0 saturated carbocycles. The van der Waals surface area contributed by atoms with Crippen LogP contribution in [0.25, 0.3) is 0 Å². The maximum Gasteiger partial charge on any atom is 0.0947 e. The van der Waals surface area contributed by atoms with Crippen LogP contribution in [0.1, 0.15) is 49.8 Å². The standard InChI is InChI=1S/C17H25NO/c1-13-9-11-18(12-10-13)16-8-4-6-14-5-2-3-7-15(14)17(16)19/h2-3,5,7,13,16-17,19H,4,6,8-12H2,1H3. The summed E-state index contributed by atoms with van der Waals surface area (Å²) in [7, 11) is 0. The number of likely N-dealkylation sites (tertiary alicyclic amines) is 1. The van der Waals surface area contributed by atoms with Gasteiger partial charge in [-0.3, -0.25) is 4.90 Å². The summed E-state index contributed by atoms with van der Waals surface area (Å²) in [5, 5.41) is 10.8. The molecule has 1 aliphatic carbocycles. The molecule has 2 nitrogen and oxygen atoms in total. The molecule has 3 rings (SSSR count). The summed E-state index contributed by atoms with van der Waals surface area (Å²) in [6.07, 6.45) is 5.71. The molecule has 0 amide bonds. The summed E-state index contributed by atoms with van der Waals surface area (Å²) in [4.78, 5) is 2.53. The summed E-state index contributed by atoms with van der Waals surface area (Å²) in [6, 6.07) is 8.78. The number of nitrogens with zero attached hydrogens (tertiary/aromatic N) is 1. The van der Waals surface area contributed by atoms with Crippen molar-refractivity contribution in [2.45, 2.75) is 51.2 Å². The molecule has 1 saturated heterocycles. The molecule has 1 aromatic carbocycles. The number of piperidine rings is 1. The van der Waals surface area contributed by atoms with Crippen LogP contribution in [0.5, 0.6) is 0 Å². The lowest BCUT2D eigenvalue weighted by atomic mass is 9.93. The highest BCUT2D eigenvalue weighted by Crippen LogP contribution is 2.33. The lowest BCUT2D eigenvalue weighted by Crippen LogP contribution is -2.44. The van der Waals surface area contributed by atoms with Crippen molar-refractivity contribution in [3.63, 3.8) is 0 Å². The average Bonchev–Trinajstić information content (AvgIpc) is 2.60. The molecule has 104 valence electrons. The van der Waals surface area contributed by atoms with Gasteiger partial charge in [-0.2, -0.15) is 0 Å². The molecule has 2 atom stereocenters. The highest BCUT2D eigenvalue weighted by Gasteiger charge is 2.31. The molecule has 1 aliphatic heterocycles. The van der Waals surface area contributed by atoms with Crippen molar-refractivity contribution < 1.29 is 5.11 Å². The van der Waals surface area contributed by atoms with Crippen LogP contribution in [0.3, 0.4) is 0 Å². The fourth-order valence-electron chi connectivity index (χ4n) is 3.66. The van der Waals surface area contributed by atoms with Crippen LogP contribution >= 0.6 is 0 Å². The molecule has 2 unspecified atom stereocenters. The third kappa shape index (κ3) is 2.70. The Hall–Kier alpha value is -0.860. The zero-order valence-electron chi connectivity index (χ0n) is 11.9. The maximum absolute atomic E-state index is 10.8. The molecule has 0 radical (unpaired) electrons. The third-order valence-corrected chi connectivity index (χ3v) is 4.97. The van der Waals surface area contributed by atoms with Crippen molar-refractivity contribution in [1.82, 2.24) is 4.90 Å². The summed E-state index contributed by atoms with van der Waals surface area (Å²) >= 11 is 0. The number of benzene rings is 1. The van der Waals surface area contributed by atoms with E-state index < -0.39 is 0 Å². The number of hydrogen-bond acceptors (Lipinski definition) is 2. The van der Waals surface area contributed by atoms with Crippen molar-refractivity contribution in [2.24, 2.45) is 5.92 Å². The second-order valence-corrected chi connectivity index (χ2v) is 6.32. The molecule has 0 spiro atoms. The first-order valence-corrected chi connectivity index (χ1v) is 7.75. The van der Waals surface area contributed by atoms with Crippen LogP contribution in [-0.4, -0.2) is 29.1 Å². The summed E-state index contributed by atoms with van der Waals surface area (Å²) < 4.78 is 0. The summed E-state index contributed by atoms with van der Waals surface area (Å²) in [6.45, 7) is 4.66. The van der Waals surface area contributed by atoms with Gasteiger partial charge in [0.05, 0.1) is 6.10 Å². The molecule has 1 N–H and O–H groups in total. The van der Waals surface area contributed by atoms with Gasteiger partial charge in [0.25, 0.3) is 0 Å². The van der Waals surface area contributed by atoms with Gasteiger partial charge in [0, 0.05) is 6.04 Å². The minimum atomic E-state index is -0.299. The Morgan fingerprint density at radius 3 is 2.63 bits per heavy atom. The molecule has 2 aliphatic rings. The Bertz CT molecular complexity index is 423. The zero-order chi connectivity index (χ0) is 13.2. The molecular formula is C17H25NO. The van der Waals surface area contributed by atoms with Crippen molar-refractivity contribution in [3.05, 3.63) is 35.4 Å². The summed E-state index contributed by atoms with van der Waals surface area (Å²) in [5.74, 6) is 0.853. The Balaban J connectivity index is 1.79. The van der Waals surface area contributed by atoms with E-state index in [-0.39, 0.29) is 6.10 Å². The van der Waals surface area contributed by atoms with Crippen LogP contribution in [-0.2, 0) is 6.42 Å². The average molecular weight is 259 g/mol. The van der Waals surface area contributed by atoms with E-state index in [1.807, 2.05) is 0 Å². The number of hydrogen-bond donors (Lipinski definition) is 1. The van der Waals surface area contributed by atoms with Gasteiger partial charge in [0.15, 0.2) is 0 Å². The minimum Gasteiger partial charge on any atom is -0.387 e. The smallest absolute Gasteiger partial charge is 0.0947 e. The second-order valence-electron chi connectivity index (χ2n) is 6.32. The van der Waals surface area contributed by atoms with Gasteiger partial charge in [-0.15, -0.1) is 0 Å². The second kappa shape index (κ2) is 5.64. The van der Waals surface area contributed by atoms with Gasteiger partial charge < -0.3 is 5.11 Å². The van der Waals surface area contributed by atoms with Gasteiger partial charge >= 0.3 is 0 Å². The maximum atomic E-state index is 10.8. The molecular weight excluding hydrogens is 234 g/mol. The molecule has 2 heteroatoms. The number of aliphatic hydroxyl groups is 1. The van der Waals surface area contributed by atoms with Gasteiger partial charge in [-0.1, -0.05) is 31.2 Å². The Kier molecular flexibility index (Phi) is 3.90. The number of aliphatic hydroxyl groups excluding tert-OH is 1. The fourth-order valence-corrected chi connectivity index (χ4v) is 3.66. The van der Waals surface area contributed by atoms with Crippen LogP contribution in [0.2, 0.25) is 0 Å². The van der Waals surface area contributed by atoms with Gasteiger partial charge in [-0.25, -0.2) is 0 Å². The first-order chi connectivity index (χ1) is 9.25. The van der Waals surface area contributed by atoms with Crippen LogP contribution < -0.4 is 0 Å². The van der Waals surface area contributed by atoms with Crippen molar-refractivity contribution in [2.75, 3.05) is 13.1 Å². The highest BCUT2D eigenvalue weighted by molar-refractivity contribution is 5.31. The van der Waals surface area contributed by atoms with E-state index in [2.05, 4.69) is 36.1 Å². The normalized spacial score (nSPS) is 29.8. The molecule has 0 aromatic heterocycles. The topological polar surface area (TPSA) is 23.5 Å². The number of rotatable bonds is 1. The largest absolute Gasteiger partial charge is 0.387 e. The Morgan fingerprint density at radius 1 is 1.11 bits per heavy atom. The predicted octanol–water partition coefficient (Wildman–Crippen LogP) is 3.16. The Morgan fingerprint density at radius 2 is 1.84 bits per heavy atom. The van der Waals surface area contributed by atoms with E-state index >= 15 is 0 Å². The van der Waals surface area contributed by atoms with E-state index in [0.29, 0.717) is 6.04 Å². The third-order valence-electron chi connectivity index (χ3n) is 4.97. The first kappa shape index (κ1) is 13.1. The SMILES string of the molecule is CC1CCN(C2CCCc3ccccc3C2O)CC1.